The smallest absolute Gasteiger partial charge is 0.277 e. The highest BCUT2D eigenvalue weighted by Crippen LogP contribution is 2.34. The highest BCUT2D eigenvalue weighted by Gasteiger charge is 2.19. The number of carbonyl (C=O) groups excluding carboxylic acids is 1. The Balaban J connectivity index is 1.55. The van der Waals surface area contributed by atoms with Gasteiger partial charge in [0, 0.05) is 32.1 Å². The van der Waals surface area contributed by atoms with E-state index in [-0.39, 0.29) is 17.2 Å². The van der Waals surface area contributed by atoms with Crippen LogP contribution in [0.15, 0.2) is 27.8 Å². The third-order valence-electron chi connectivity index (χ3n) is 5.24. The number of nitrogens with one attached hydrogen (secondary N) is 1. The van der Waals surface area contributed by atoms with Crippen LogP contribution in [-0.2, 0) is 11.8 Å². The summed E-state index contributed by atoms with van der Waals surface area (Å²) in [6, 6.07) is 3.38. The molecule has 4 rings (SSSR count). The van der Waals surface area contributed by atoms with Gasteiger partial charge < -0.3 is 14.2 Å². The van der Waals surface area contributed by atoms with Crippen LogP contribution in [0.2, 0.25) is 0 Å². The van der Waals surface area contributed by atoms with Crippen LogP contribution < -0.4 is 20.3 Å². The van der Waals surface area contributed by atoms with Gasteiger partial charge in [-0.05, 0) is 18.6 Å². The SMILES string of the molecule is COc1c(OCCCN2CCOCC2)ccc2c(=O)n(C)c(NC(=O)c3cscn3)nc12. The number of carbonyl (C=O) groups is 1. The van der Waals surface area contributed by atoms with Crippen molar-refractivity contribution in [2.75, 3.05) is 51.9 Å². The molecule has 10 nitrogen and oxygen atoms in total. The lowest BCUT2D eigenvalue weighted by molar-refractivity contribution is 0.0357. The molecular formula is C21H25N5O5S. The molecule has 1 fully saturated rings. The standard InChI is InChI=1S/C21H25N5O5S/c1-25-20(28)14-4-5-16(31-9-3-6-26-7-10-30-11-8-26)18(29-2)17(14)23-21(25)24-19(27)15-12-32-13-22-15/h4-5,12-13H,3,6-11H2,1-2H3,(H,23,24,27). The van der Waals surface area contributed by atoms with Crippen LogP contribution >= 0.6 is 11.3 Å². The molecule has 0 radical (unpaired) electrons. The maximum Gasteiger partial charge on any atom is 0.277 e. The van der Waals surface area contributed by atoms with Gasteiger partial charge in [-0.25, -0.2) is 9.97 Å². The zero-order chi connectivity index (χ0) is 22.5. The van der Waals surface area contributed by atoms with E-state index in [1.807, 2.05) is 0 Å². The molecule has 1 N–H and O–H groups in total. The van der Waals surface area contributed by atoms with Crippen molar-refractivity contribution in [3.8, 4) is 11.5 Å². The lowest BCUT2D eigenvalue weighted by Gasteiger charge is -2.26. The molecular weight excluding hydrogens is 434 g/mol. The Morgan fingerprint density at radius 3 is 2.84 bits per heavy atom. The molecule has 0 spiro atoms. The Morgan fingerprint density at radius 2 is 2.12 bits per heavy atom. The number of aromatic nitrogens is 3. The summed E-state index contributed by atoms with van der Waals surface area (Å²) in [7, 11) is 3.05. The molecule has 1 aliphatic rings. The average molecular weight is 460 g/mol. The predicted molar refractivity (Wildman–Crippen MR) is 121 cm³/mol. The first-order valence-electron chi connectivity index (χ1n) is 10.3. The van der Waals surface area contributed by atoms with Crippen molar-refractivity contribution in [2.45, 2.75) is 6.42 Å². The van der Waals surface area contributed by atoms with Gasteiger partial charge in [0.05, 0.1) is 37.8 Å². The molecule has 1 aliphatic heterocycles. The largest absolute Gasteiger partial charge is 0.491 e. The molecule has 0 bridgehead atoms. The molecule has 1 aromatic carbocycles. The predicted octanol–water partition coefficient (Wildman–Crippen LogP) is 1.75. The lowest BCUT2D eigenvalue weighted by Crippen LogP contribution is -2.37. The second-order valence-corrected chi connectivity index (χ2v) is 8.00. The Hall–Kier alpha value is -3.02. The van der Waals surface area contributed by atoms with Crippen LogP contribution in [0.5, 0.6) is 11.5 Å². The fourth-order valence-electron chi connectivity index (χ4n) is 3.50. The minimum Gasteiger partial charge on any atom is -0.491 e. The normalized spacial score (nSPS) is 14.4. The van der Waals surface area contributed by atoms with Crippen molar-refractivity contribution in [3.63, 3.8) is 0 Å². The molecule has 3 aromatic rings. The summed E-state index contributed by atoms with van der Waals surface area (Å²) in [5.74, 6) is 0.515. The van der Waals surface area contributed by atoms with Gasteiger partial charge in [-0.1, -0.05) is 0 Å². The van der Waals surface area contributed by atoms with Crippen molar-refractivity contribution in [3.05, 3.63) is 39.1 Å². The van der Waals surface area contributed by atoms with Crippen LogP contribution in [-0.4, -0.2) is 71.9 Å². The fourth-order valence-corrected chi connectivity index (χ4v) is 4.03. The van der Waals surface area contributed by atoms with Gasteiger partial charge in [-0.3, -0.25) is 24.4 Å². The van der Waals surface area contributed by atoms with E-state index in [0.29, 0.717) is 29.0 Å². The van der Waals surface area contributed by atoms with E-state index in [0.717, 1.165) is 39.3 Å². The van der Waals surface area contributed by atoms with Gasteiger partial charge in [0.2, 0.25) is 5.95 Å². The monoisotopic (exact) mass is 459 g/mol. The second kappa shape index (κ2) is 10.1. The molecule has 0 saturated carbocycles. The number of hydrogen-bond acceptors (Lipinski definition) is 9. The molecule has 0 aliphatic carbocycles. The summed E-state index contributed by atoms with van der Waals surface area (Å²) in [5, 5.41) is 4.64. The van der Waals surface area contributed by atoms with E-state index in [2.05, 4.69) is 20.2 Å². The van der Waals surface area contributed by atoms with Crippen LogP contribution in [0, 0.1) is 0 Å². The quantitative estimate of drug-likeness (QED) is 0.508. The molecule has 170 valence electrons. The number of morpholine rings is 1. The number of thiazole rings is 1. The van der Waals surface area contributed by atoms with Crippen LogP contribution in [0.1, 0.15) is 16.9 Å². The van der Waals surface area contributed by atoms with Crippen molar-refractivity contribution in [1.82, 2.24) is 19.4 Å². The Morgan fingerprint density at radius 1 is 1.31 bits per heavy atom. The number of ether oxygens (including phenoxy) is 3. The van der Waals surface area contributed by atoms with Crippen LogP contribution in [0.4, 0.5) is 5.95 Å². The first-order valence-corrected chi connectivity index (χ1v) is 11.2. The maximum absolute atomic E-state index is 12.9. The van der Waals surface area contributed by atoms with E-state index in [1.165, 1.54) is 23.0 Å². The van der Waals surface area contributed by atoms with E-state index < -0.39 is 5.91 Å². The van der Waals surface area contributed by atoms with E-state index in [1.54, 1.807) is 30.1 Å². The van der Waals surface area contributed by atoms with Crippen molar-refractivity contribution < 1.29 is 19.0 Å². The summed E-state index contributed by atoms with van der Waals surface area (Å²) in [4.78, 5) is 36.1. The minimum atomic E-state index is -0.442. The zero-order valence-electron chi connectivity index (χ0n) is 18.0. The zero-order valence-corrected chi connectivity index (χ0v) is 18.8. The van der Waals surface area contributed by atoms with Gasteiger partial charge >= 0.3 is 0 Å². The number of nitrogens with zero attached hydrogens (tertiary/aromatic N) is 4. The van der Waals surface area contributed by atoms with Crippen molar-refractivity contribution in [2.24, 2.45) is 7.05 Å². The molecule has 11 heteroatoms. The van der Waals surface area contributed by atoms with Crippen LogP contribution in [0.25, 0.3) is 10.9 Å². The number of methoxy groups -OCH3 is 1. The molecule has 1 amide bonds. The second-order valence-electron chi connectivity index (χ2n) is 7.28. The van der Waals surface area contributed by atoms with Gasteiger partial charge in [-0.2, -0.15) is 0 Å². The first-order chi connectivity index (χ1) is 15.6. The average Bonchev–Trinajstić information content (AvgIpc) is 3.36. The van der Waals surface area contributed by atoms with Crippen molar-refractivity contribution in [1.29, 1.82) is 0 Å². The Bertz CT molecular complexity index is 1140. The molecule has 1 saturated heterocycles. The number of hydrogen-bond donors (Lipinski definition) is 1. The lowest BCUT2D eigenvalue weighted by atomic mass is 10.2. The molecule has 3 heterocycles. The molecule has 0 atom stereocenters. The number of amides is 1. The number of benzene rings is 1. The van der Waals surface area contributed by atoms with Gasteiger partial charge in [-0.15, -0.1) is 11.3 Å². The molecule has 0 unspecified atom stereocenters. The van der Waals surface area contributed by atoms with Crippen molar-refractivity contribution >= 4 is 34.1 Å². The highest BCUT2D eigenvalue weighted by atomic mass is 32.1. The third-order valence-corrected chi connectivity index (χ3v) is 5.83. The number of rotatable bonds is 8. The third kappa shape index (κ3) is 4.74. The van der Waals surface area contributed by atoms with Gasteiger partial charge in [0.1, 0.15) is 11.2 Å². The van der Waals surface area contributed by atoms with Gasteiger partial charge in [0.25, 0.3) is 11.5 Å². The van der Waals surface area contributed by atoms with E-state index in [9.17, 15) is 9.59 Å². The first kappa shape index (κ1) is 22.2. The summed E-state index contributed by atoms with van der Waals surface area (Å²) in [5.41, 5.74) is 1.84. The number of anilines is 1. The maximum atomic E-state index is 12.9. The van der Waals surface area contributed by atoms with E-state index in [4.69, 9.17) is 14.2 Å². The number of fused-ring (bicyclic) bond motifs is 1. The summed E-state index contributed by atoms with van der Waals surface area (Å²) >= 11 is 1.31. The van der Waals surface area contributed by atoms with Crippen LogP contribution in [0.3, 0.4) is 0 Å². The van der Waals surface area contributed by atoms with Gasteiger partial charge in [0.15, 0.2) is 11.5 Å². The highest BCUT2D eigenvalue weighted by molar-refractivity contribution is 7.07. The Kier molecular flexibility index (Phi) is 6.98. The molecule has 32 heavy (non-hydrogen) atoms. The Labute approximate surface area is 188 Å². The van der Waals surface area contributed by atoms with E-state index >= 15 is 0 Å². The topological polar surface area (TPSA) is 108 Å². The minimum absolute atomic E-state index is 0.100. The molecule has 2 aromatic heterocycles. The summed E-state index contributed by atoms with van der Waals surface area (Å²) < 4.78 is 18.1. The summed E-state index contributed by atoms with van der Waals surface area (Å²) in [6.45, 7) is 4.81. The fraction of sp³-hybridized carbons (Fsp3) is 0.429. The summed E-state index contributed by atoms with van der Waals surface area (Å²) in [6.07, 6.45) is 0.847.